The van der Waals surface area contributed by atoms with Crippen molar-refractivity contribution in [3.05, 3.63) is 65.2 Å². The van der Waals surface area contributed by atoms with Gasteiger partial charge in [-0.05, 0) is 68.5 Å². The van der Waals surface area contributed by atoms with E-state index in [-0.39, 0.29) is 23.3 Å². The summed E-state index contributed by atoms with van der Waals surface area (Å²) in [7, 11) is 0. The second kappa shape index (κ2) is 10.1. The summed E-state index contributed by atoms with van der Waals surface area (Å²) in [6.07, 6.45) is 4.99. The zero-order valence-corrected chi connectivity index (χ0v) is 18.1. The van der Waals surface area contributed by atoms with Crippen molar-refractivity contribution in [1.82, 2.24) is 9.80 Å². The molecule has 0 N–H and O–H groups in total. The summed E-state index contributed by atoms with van der Waals surface area (Å²) in [5, 5.41) is 0. The fourth-order valence-electron chi connectivity index (χ4n) is 4.41. The van der Waals surface area contributed by atoms with Gasteiger partial charge in [-0.1, -0.05) is 6.07 Å². The third kappa shape index (κ3) is 5.26. The van der Waals surface area contributed by atoms with Gasteiger partial charge in [0.05, 0.1) is 6.61 Å². The smallest absolute Gasteiger partial charge is 0.253 e. The van der Waals surface area contributed by atoms with E-state index in [1.807, 2.05) is 23.1 Å². The summed E-state index contributed by atoms with van der Waals surface area (Å²) in [5.41, 5.74) is 0.776. The van der Waals surface area contributed by atoms with Crippen LogP contribution < -0.4 is 4.74 Å². The molecule has 0 bridgehead atoms. The van der Waals surface area contributed by atoms with Crippen molar-refractivity contribution >= 4 is 11.8 Å². The first kappa shape index (κ1) is 22.2. The lowest BCUT2D eigenvalue weighted by molar-refractivity contribution is 0.0631. The van der Waals surface area contributed by atoms with Gasteiger partial charge in [0.2, 0.25) is 0 Å². The molecule has 2 amide bonds. The summed E-state index contributed by atoms with van der Waals surface area (Å²) in [6, 6.07) is 10.5. The predicted octanol–water partition coefficient (Wildman–Crippen LogP) is 4.52. The minimum Gasteiger partial charge on any atom is -0.493 e. The van der Waals surface area contributed by atoms with Crippen molar-refractivity contribution in [2.24, 2.45) is 5.92 Å². The number of carbonyl (C=O) groups is 2. The number of amides is 2. The molecule has 0 saturated carbocycles. The number of ether oxygens (including phenoxy) is 1. The van der Waals surface area contributed by atoms with E-state index in [2.05, 4.69) is 0 Å². The SMILES string of the molecule is O=C(c1cccc(OC[C@H]2CCCN(C(=O)c3ccc(F)c(F)c3)C2)c1)N1CCCCC1. The van der Waals surface area contributed by atoms with Gasteiger partial charge in [0.15, 0.2) is 11.6 Å². The molecular formula is C25H28F2N2O3. The van der Waals surface area contributed by atoms with Gasteiger partial charge in [0.25, 0.3) is 11.8 Å². The summed E-state index contributed by atoms with van der Waals surface area (Å²) < 4.78 is 32.7. The first-order chi connectivity index (χ1) is 15.5. The first-order valence-corrected chi connectivity index (χ1v) is 11.3. The van der Waals surface area contributed by atoms with Gasteiger partial charge >= 0.3 is 0 Å². The molecule has 0 aliphatic carbocycles. The molecule has 2 fully saturated rings. The van der Waals surface area contributed by atoms with Gasteiger partial charge in [-0.3, -0.25) is 9.59 Å². The van der Waals surface area contributed by atoms with Gasteiger partial charge in [-0.2, -0.15) is 0 Å². The molecule has 5 nitrogen and oxygen atoms in total. The van der Waals surface area contributed by atoms with E-state index in [9.17, 15) is 18.4 Å². The Morgan fingerprint density at radius 1 is 0.844 bits per heavy atom. The Hall–Kier alpha value is -2.96. The molecular weight excluding hydrogens is 414 g/mol. The number of hydrogen-bond donors (Lipinski definition) is 0. The highest BCUT2D eigenvalue weighted by Gasteiger charge is 2.26. The lowest BCUT2D eigenvalue weighted by Crippen LogP contribution is -2.41. The van der Waals surface area contributed by atoms with E-state index in [1.165, 1.54) is 12.5 Å². The van der Waals surface area contributed by atoms with Crippen LogP contribution in [0.1, 0.15) is 52.8 Å². The lowest BCUT2D eigenvalue weighted by atomic mass is 9.98. The second-order valence-corrected chi connectivity index (χ2v) is 8.58. The maximum Gasteiger partial charge on any atom is 0.253 e. The molecule has 0 aromatic heterocycles. The monoisotopic (exact) mass is 442 g/mol. The molecule has 0 radical (unpaired) electrons. The normalized spacial score (nSPS) is 19.0. The van der Waals surface area contributed by atoms with Gasteiger partial charge < -0.3 is 14.5 Å². The predicted molar refractivity (Wildman–Crippen MR) is 117 cm³/mol. The Kier molecular flexibility index (Phi) is 7.02. The fourth-order valence-corrected chi connectivity index (χ4v) is 4.41. The van der Waals surface area contributed by atoms with Crippen LogP contribution in [-0.4, -0.2) is 54.4 Å². The van der Waals surface area contributed by atoms with Crippen molar-refractivity contribution in [3.8, 4) is 5.75 Å². The van der Waals surface area contributed by atoms with Crippen LogP contribution in [0, 0.1) is 17.6 Å². The van der Waals surface area contributed by atoms with Crippen LogP contribution in [0.2, 0.25) is 0 Å². The number of benzene rings is 2. The van der Waals surface area contributed by atoms with E-state index in [4.69, 9.17) is 4.74 Å². The van der Waals surface area contributed by atoms with Crippen LogP contribution >= 0.6 is 0 Å². The minimum absolute atomic E-state index is 0.0381. The number of rotatable bonds is 5. The first-order valence-electron chi connectivity index (χ1n) is 11.3. The standard InChI is InChI=1S/C25H28F2N2O3/c26-22-10-9-20(15-23(22)27)25(31)29-13-5-6-18(16-29)17-32-21-8-4-7-19(14-21)24(30)28-11-2-1-3-12-28/h4,7-10,14-15,18H,1-3,5-6,11-13,16-17H2/t18-/m0/s1. The zero-order chi connectivity index (χ0) is 22.5. The highest BCUT2D eigenvalue weighted by Crippen LogP contribution is 2.23. The van der Waals surface area contributed by atoms with Crippen LogP contribution in [0.4, 0.5) is 8.78 Å². The fraction of sp³-hybridized carbons (Fsp3) is 0.440. The average molecular weight is 443 g/mol. The van der Waals surface area contributed by atoms with Crippen molar-refractivity contribution in [2.45, 2.75) is 32.1 Å². The maximum atomic E-state index is 13.5. The summed E-state index contributed by atoms with van der Waals surface area (Å²) in [6.45, 7) is 3.09. The summed E-state index contributed by atoms with van der Waals surface area (Å²) in [5.74, 6) is -1.49. The topological polar surface area (TPSA) is 49.9 Å². The molecule has 4 rings (SSSR count). The molecule has 2 aromatic carbocycles. The van der Waals surface area contributed by atoms with Gasteiger partial charge in [-0.25, -0.2) is 8.78 Å². The molecule has 0 spiro atoms. The highest BCUT2D eigenvalue weighted by atomic mass is 19.2. The number of piperidine rings is 2. The van der Waals surface area contributed by atoms with Crippen molar-refractivity contribution in [3.63, 3.8) is 0 Å². The van der Waals surface area contributed by atoms with Crippen molar-refractivity contribution in [1.29, 1.82) is 0 Å². The summed E-state index contributed by atoms with van der Waals surface area (Å²) >= 11 is 0. The molecule has 2 aliphatic rings. The Morgan fingerprint density at radius 2 is 1.56 bits per heavy atom. The molecule has 2 aliphatic heterocycles. The number of halogens is 2. The van der Waals surface area contributed by atoms with Crippen LogP contribution in [0.15, 0.2) is 42.5 Å². The molecule has 2 aromatic rings. The van der Waals surface area contributed by atoms with E-state index in [0.29, 0.717) is 31.0 Å². The highest BCUT2D eigenvalue weighted by molar-refractivity contribution is 5.95. The largest absolute Gasteiger partial charge is 0.493 e. The minimum atomic E-state index is -1.02. The van der Waals surface area contributed by atoms with Crippen LogP contribution in [0.3, 0.4) is 0 Å². The third-order valence-electron chi connectivity index (χ3n) is 6.18. The Balaban J connectivity index is 1.34. The van der Waals surface area contributed by atoms with Crippen LogP contribution in [0.25, 0.3) is 0 Å². The van der Waals surface area contributed by atoms with Gasteiger partial charge in [-0.15, -0.1) is 0 Å². The second-order valence-electron chi connectivity index (χ2n) is 8.58. The lowest BCUT2D eigenvalue weighted by Gasteiger charge is -2.32. The Labute approximate surface area is 187 Å². The summed E-state index contributed by atoms with van der Waals surface area (Å²) in [4.78, 5) is 29.0. The molecule has 170 valence electrons. The molecule has 2 saturated heterocycles. The molecule has 32 heavy (non-hydrogen) atoms. The Morgan fingerprint density at radius 3 is 2.34 bits per heavy atom. The number of likely N-dealkylation sites (tertiary alicyclic amines) is 2. The average Bonchev–Trinajstić information content (AvgIpc) is 2.84. The molecule has 2 heterocycles. The van der Waals surface area contributed by atoms with E-state index < -0.39 is 11.6 Å². The molecule has 0 unspecified atom stereocenters. The van der Waals surface area contributed by atoms with E-state index >= 15 is 0 Å². The van der Waals surface area contributed by atoms with Crippen LogP contribution in [0.5, 0.6) is 5.75 Å². The number of hydrogen-bond acceptors (Lipinski definition) is 3. The number of carbonyl (C=O) groups excluding carboxylic acids is 2. The van der Waals surface area contributed by atoms with Gasteiger partial charge in [0.1, 0.15) is 5.75 Å². The van der Waals surface area contributed by atoms with Gasteiger partial charge in [0, 0.05) is 43.2 Å². The quantitative estimate of drug-likeness (QED) is 0.684. The van der Waals surface area contributed by atoms with Crippen molar-refractivity contribution < 1.29 is 23.1 Å². The van der Waals surface area contributed by atoms with Crippen LogP contribution in [-0.2, 0) is 0 Å². The third-order valence-corrected chi connectivity index (χ3v) is 6.18. The number of nitrogens with zero attached hydrogens (tertiary/aromatic N) is 2. The molecule has 1 atom stereocenters. The zero-order valence-electron chi connectivity index (χ0n) is 18.1. The van der Waals surface area contributed by atoms with E-state index in [1.54, 1.807) is 11.0 Å². The molecule has 7 heteroatoms. The Bertz CT molecular complexity index is 975. The maximum absolute atomic E-state index is 13.5. The van der Waals surface area contributed by atoms with E-state index in [0.717, 1.165) is 50.9 Å². The van der Waals surface area contributed by atoms with Crippen molar-refractivity contribution in [2.75, 3.05) is 32.8 Å².